The second-order valence-electron chi connectivity index (χ2n) is 8.84. The highest BCUT2D eigenvalue weighted by molar-refractivity contribution is 5.85. The monoisotopic (exact) mass is 413 g/mol. The molecule has 156 valence electrons. The largest absolute Gasteiger partial charge is 0.367 e. The van der Waals surface area contributed by atoms with E-state index >= 15 is 0 Å². The summed E-state index contributed by atoms with van der Waals surface area (Å²) in [5, 5.41) is 12.0. The van der Waals surface area contributed by atoms with Crippen LogP contribution in [-0.4, -0.2) is 18.4 Å². The molecule has 0 heterocycles. The second kappa shape index (κ2) is 10.2. The third kappa shape index (κ3) is 8.08. The Bertz CT molecular complexity index is 852. The van der Waals surface area contributed by atoms with Crippen LogP contribution in [0.25, 0.3) is 0 Å². The zero-order valence-electron chi connectivity index (χ0n) is 18.1. The Morgan fingerprint density at radius 2 is 1.17 bits per heavy atom. The summed E-state index contributed by atoms with van der Waals surface area (Å²) in [4.78, 5) is 0. The highest BCUT2D eigenvalue weighted by Gasteiger charge is 2.13. The second-order valence-corrected chi connectivity index (χ2v) is 8.84. The van der Waals surface area contributed by atoms with Gasteiger partial charge in [0.15, 0.2) is 0 Å². The van der Waals surface area contributed by atoms with Gasteiger partial charge in [0.1, 0.15) is 0 Å². The lowest BCUT2D eigenvalue weighted by Gasteiger charge is -2.18. The van der Waals surface area contributed by atoms with Crippen molar-refractivity contribution in [1.82, 2.24) is 5.43 Å². The molecule has 0 aliphatic carbocycles. The number of guanidine groups is 1. The van der Waals surface area contributed by atoms with Gasteiger partial charge in [0.2, 0.25) is 5.96 Å². The van der Waals surface area contributed by atoms with E-state index in [1.807, 2.05) is 24.3 Å². The normalized spacial score (nSPS) is 13.0. The smallest absolute Gasteiger partial charge is 0.234 e. The Morgan fingerprint density at radius 1 is 0.759 bits per heavy atom. The first-order chi connectivity index (χ1) is 13.1. The van der Waals surface area contributed by atoms with Crippen molar-refractivity contribution >= 4 is 30.8 Å². The molecule has 0 aliphatic heterocycles. The predicted octanol–water partition coefficient (Wildman–Crippen LogP) is 4.98. The lowest BCUT2D eigenvalue weighted by atomic mass is 9.87. The molecule has 2 rings (SSSR count). The molecule has 0 saturated heterocycles. The van der Waals surface area contributed by atoms with Crippen molar-refractivity contribution in [2.24, 2.45) is 21.0 Å². The molecular weight excluding hydrogens is 382 g/mol. The van der Waals surface area contributed by atoms with E-state index in [1.54, 1.807) is 12.4 Å². The van der Waals surface area contributed by atoms with Gasteiger partial charge in [0, 0.05) is 0 Å². The van der Waals surface area contributed by atoms with Crippen LogP contribution in [0.5, 0.6) is 0 Å². The maximum absolute atomic E-state index is 5.78. The lowest BCUT2D eigenvalue weighted by molar-refractivity contribution is 0.590. The van der Waals surface area contributed by atoms with Gasteiger partial charge in [-0.05, 0) is 33.1 Å². The quantitative estimate of drug-likeness (QED) is 0.421. The first-order valence-corrected chi connectivity index (χ1v) is 9.42. The molecule has 6 heteroatoms. The van der Waals surface area contributed by atoms with E-state index in [0.717, 1.165) is 11.1 Å². The van der Waals surface area contributed by atoms with Crippen LogP contribution in [0, 0.1) is 0 Å². The maximum Gasteiger partial charge on any atom is 0.234 e. The van der Waals surface area contributed by atoms with Gasteiger partial charge in [0.05, 0.1) is 12.4 Å². The summed E-state index contributed by atoms with van der Waals surface area (Å²) in [5.41, 5.74) is 13.2. The molecule has 0 amide bonds. The fraction of sp³-hybridized carbons (Fsp3) is 0.348. The van der Waals surface area contributed by atoms with Crippen LogP contribution >= 0.6 is 12.4 Å². The Morgan fingerprint density at radius 3 is 1.59 bits per heavy atom. The number of halogens is 1. The van der Waals surface area contributed by atoms with E-state index in [-0.39, 0.29) is 29.2 Å². The van der Waals surface area contributed by atoms with E-state index in [1.165, 1.54) is 11.1 Å². The molecule has 2 aromatic carbocycles. The number of benzene rings is 2. The van der Waals surface area contributed by atoms with Gasteiger partial charge in [-0.3, -0.25) is 0 Å². The molecule has 3 N–H and O–H groups in total. The van der Waals surface area contributed by atoms with Gasteiger partial charge in [-0.25, -0.2) is 5.43 Å². The molecule has 0 atom stereocenters. The number of hydrogen-bond donors (Lipinski definition) is 2. The molecular formula is C23H32ClN5. The third-order valence-electron chi connectivity index (χ3n) is 4.32. The maximum atomic E-state index is 5.78. The van der Waals surface area contributed by atoms with Crippen LogP contribution in [0.3, 0.4) is 0 Å². The standard InChI is InChI=1S/C23H31N5.ClH/c1-22(2,3)19-11-7-17(8-12-19)15-25-27-21(24)28-26-16-18-9-13-20(14-10-18)23(4,5)6;/h7-16H,1-6H3,(H3,24,27,28);1H. The minimum absolute atomic E-state index is 0. The Labute approximate surface area is 180 Å². The number of nitrogens with zero attached hydrogens (tertiary/aromatic N) is 3. The minimum Gasteiger partial charge on any atom is -0.367 e. The number of nitrogens with two attached hydrogens (primary N) is 1. The summed E-state index contributed by atoms with van der Waals surface area (Å²) < 4.78 is 0. The first-order valence-electron chi connectivity index (χ1n) is 9.42. The van der Waals surface area contributed by atoms with Crippen LogP contribution in [0.1, 0.15) is 63.8 Å². The van der Waals surface area contributed by atoms with Crippen LogP contribution in [0.15, 0.2) is 63.8 Å². The summed E-state index contributed by atoms with van der Waals surface area (Å²) >= 11 is 0. The molecule has 0 radical (unpaired) electrons. The number of rotatable bonds is 4. The van der Waals surface area contributed by atoms with Crippen molar-refractivity contribution in [3.63, 3.8) is 0 Å². The van der Waals surface area contributed by atoms with Gasteiger partial charge < -0.3 is 5.73 Å². The van der Waals surface area contributed by atoms with Crippen LogP contribution in [-0.2, 0) is 10.8 Å². The van der Waals surface area contributed by atoms with Gasteiger partial charge in [-0.2, -0.15) is 10.2 Å². The molecule has 0 spiro atoms. The average Bonchev–Trinajstić information content (AvgIpc) is 2.61. The summed E-state index contributed by atoms with van der Waals surface area (Å²) in [5.74, 6) is 0.130. The van der Waals surface area contributed by atoms with Gasteiger partial charge in [-0.1, -0.05) is 90.1 Å². The van der Waals surface area contributed by atoms with E-state index in [9.17, 15) is 0 Å². The molecule has 0 aliphatic rings. The van der Waals surface area contributed by atoms with Crippen LogP contribution in [0.2, 0.25) is 0 Å². The van der Waals surface area contributed by atoms with E-state index < -0.39 is 0 Å². The summed E-state index contributed by atoms with van der Waals surface area (Å²) in [6, 6.07) is 16.5. The fourth-order valence-electron chi connectivity index (χ4n) is 2.49. The molecule has 0 fully saturated rings. The summed E-state index contributed by atoms with van der Waals surface area (Å²) in [6.45, 7) is 13.1. The first kappa shape index (κ1) is 24.4. The van der Waals surface area contributed by atoms with Crippen molar-refractivity contribution in [1.29, 1.82) is 0 Å². The van der Waals surface area contributed by atoms with E-state index in [0.29, 0.717) is 0 Å². The van der Waals surface area contributed by atoms with E-state index in [4.69, 9.17) is 5.73 Å². The molecule has 0 saturated carbocycles. The summed E-state index contributed by atoms with van der Waals surface area (Å²) in [6.07, 6.45) is 3.36. The number of hydrogen-bond acceptors (Lipinski definition) is 3. The van der Waals surface area contributed by atoms with Crippen molar-refractivity contribution < 1.29 is 0 Å². The highest BCUT2D eigenvalue weighted by Crippen LogP contribution is 2.22. The van der Waals surface area contributed by atoms with Crippen molar-refractivity contribution in [3.05, 3.63) is 70.8 Å². The van der Waals surface area contributed by atoms with Gasteiger partial charge in [-0.15, -0.1) is 17.5 Å². The zero-order valence-corrected chi connectivity index (χ0v) is 18.9. The van der Waals surface area contributed by atoms with Crippen LogP contribution in [0.4, 0.5) is 0 Å². The van der Waals surface area contributed by atoms with E-state index in [2.05, 4.69) is 86.5 Å². The Hall–Kier alpha value is -2.66. The minimum atomic E-state index is 0. The predicted molar refractivity (Wildman–Crippen MR) is 127 cm³/mol. The van der Waals surface area contributed by atoms with Crippen molar-refractivity contribution in [2.75, 3.05) is 0 Å². The molecule has 5 nitrogen and oxygen atoms in total. The van der Waals surface area contributed by atoms with Crippen molar-refractivity contribution in [2.45, 2.75) is 52.4 Å². The summed E-state index contributed by atoms with van der Waals surface area (Å²) in [7, 11) is 0. The number of nitrogens with one attached hydrogen (secondary N) is 1. The van der Waals surface area contributed by atoms with Gasteiger partial charge in [0.25, 0.3) is 0 Å². The zero-order chi connectivity index (χ0) is 20.8. The highest BCUT2D eigenvalue weighted by atomic mass is 35.5. The Kier molecular flexibility index (Phi) is 8.59. The molecule has 2 aromatic rings. The van der Waals surface area contributed by atoms with Gasteiger partial charge >= 0.3 is 0 Å². The van der Waals surface area contributed by atoms with Crippen LogP contribution < -0.4 is 11.2 Å². The molecule has 0 aromatic heterocycles. The molecule has 0 bridgehead atoms. The number of hydrazone groups is 1. The molecule has 0 unspecified atom stereocenters. The topological polar surface area (TPSA) is 75.1 Å². The fourth-order valence-corrected chi connectivity index (χ4v) is 2.49. The third-order valence-corrected chi connectivity index (χ3v) is 4.32. The molecule has 29 heavy (non-hydrogen) atoms. The Balaban J connectivity index is 0.00000420. The lowest BCUT2D eigenvalue weighted by Crippen LogP contribution is -2.26. The van der Waals surface area contributed by atoms with Crippen molar-refractivity contribution in [3.8, 4) is 0 Å². The average molecular weight is 414 g/mol. The SMILES string of the molecule is CC(C)(C)c1ccc(C=NN=C(N)NN=Cc2ccc(C(C)(C)C)cc2)cc1.Cl.